The minimum atomic E-state index is 0. The molecule has 0 bridgehead atoms. The molecule has 0 aromatic rings. The maximum Gasteiger partial charge on any atom is 0.00791 e. The lowest BCUT2D eigenvalue weighted by atomic mass is 10.0. The number of rotatable bonds is 12. The molecule has 1 fully saturated rings. The summed E-state index contributed by atoms with van der Waals surface area (Å²) in [5.74, 6) is 0. The molecule has 1 heterocycles. The third-order valence-electron chi connectivity index (χ3n) is 3.75. The summed E-state index contributed by atoms with van der Waals surface area (Å²) in [6.45, 7) is 10.2. The molecule has 1 rings (SSSR count). The lowest BCUT2D eigenvalue weighted by Crippen LogP contribution is -2.36. The van der Waals surface area contributed by atoms with E-state index < -0.39 is 0 Å². The summed E-state index contributed by atoms with van der Waals surface area (Å²) in [6.07, 6.45) is 7.90. The van der Waals surface area contributed by atoms with Crippen molar-refractivity contribution in [3.05, 3.63) is 0 Å². The molecule has 1 aliphatic heterocycles. The van der Waals surface area contributed by atoms with Gasteiger partial charge in [0, 0.05) is 6.04 Å². The molecule has 146 valence electrons. The van der Waals surface area contributed by atoms with Gasteiger partial charge in [-0.15, -0.1) is 49.6 Å². The Hall–Kier alpha value is 1.00. The highest BCUT2D eigenvalue weighted by Crippen LogP contribution is 2.08. The normalized spacial score (nSPS) is 16.3. The molecule has 0 saturated carbocycles. The Balaban J connectivity index is -0.000000451. The number of hydrogen-bond acceptors (Lipinski definition) is 4. The van der Waals surface area contributed by atoms with E-state index in [0.29, 0.717) is 0 Å². The third kappa shape index (κ3) is 21.0. The van der Waals surface area contributed by atoms with E-state index in [1.807, 2.05) is 0 Å². The largest absolute Gasteiger partial charge is 0.317 e. The van der Waals surface area contributed by atoms with Gasteiger partial charge in [-0.2, -0.15) is 0 Å². The van der Waals surface area contributed by atoms with Gasteiger partial charge in [0.1, 0.15) is 0 Å². The van der Waals surface area contributed by atoms with Gasteiger partial charge in [0.15, 0.2) is 0 Å². The second-order valence-electron chi connectivity index (χ2n) is 5.50. The predicted molar refractivity (Wildman–Crippen MR) is 113 cm³/mol. The van der Waals surface area contributed by atoms with Gasteiger partial charge in [-0.1, -0.05) is 13.3 Å². The van der Waals surface area contributed by atoms with E-state index in [4.69, 9.17) is 0 Å². The Morgan fingerprint density at radius 3 is 1.87 bits per heavy atom. The predicted octanol–water partition coefficient (Wildman–Crippen LogP) is 2.77. The fourth-order valence-electron chi connectivity index (χ4n) is 2.55. The fourth-order valence-corrected chi connectivity index (χ4v) is 2.55. The van der Waals surface area contributed by atoms with E-state index in [1.54, 1.807) is 0 Å². The SMILES string of the molecule is CCNCCCNCCCNCCC1CCCCN1.Cl.Cl.Cl.Cl. The molecule has 4 nitrogen and oxygen atoms in total. The smallest absolute Gasteiger partial charge is 0.00791 e. The van der Waals surface area contributed by atoms with E-state index >= 15 is 0 Å². The molecule has 23 heavy (non-hydrogen) atoms. The van der Waals surface area contributed by atoms with Crippen molar-refractivity contribution >= 4 is 49.6 Å². The molecular formula is C15H38Cl4N4. The lowest BCUT2D eigenvalue weighted by molar-refractivity contribution is 0.376. The standard InChI is InChI=1S/C15H34N4.4ClH/c1-2-16-9-5-10-17-11-6-12-18-14-8-15-7-3-4-13-19-15;;;;/h15-19H,2-14H2,1H3;4*1H. The van der Waals surface area contributed by atoms with Crippen LogP contribution in [0.2, 0.25) is 0 Å². The summed E-state index contributed by atoms with van der Waals surface area (Å²) < 4.78 is 0. The van der Waals surface area contributed by atoms with Crippen molar-refractivity contribution in [2.75, 3.05) is 45.8 Å². The Morgan fingerprint density at radius 1 is 0.783 bits per heavy atom. The molecule has 1 unspecified atom stereocenters. The quantitative estimate of drug-likeness (QED) is 0.370. The lowest BCUT2D eigenvalue weighted by Gasteiger charge is -2.23. The zero-order valence-corrected chi connectivity index (χ0v) is 17.7. The summed E-state index contributed by atoms with van der Waals surface area (Å²) in [4.78, 5) is 0. The molecule has 8 heteroatoms. The molecule has 1 saturated heterocycles. The van der Waals surface area contributed by atoms with Gasteiger partial charge in [0.2, 0.25) is 0 Å². The highest BCUT2D eigenvalue weighted by atomic mass is 35.5. The van der Waals surface area contributed by atoms with Crippen molar-refractivity contribution in [2.24, 2.45) is 0 Å². The van der Waals surface area contributed by atoms with Gasteiger partial charge < -0.3 is 21.3 Å². The Morgan fingerprint density at radius 2 is 1.35 bits per heavy atom. The third-order valence-corrected chi connectivity index (χ3v) is 3.75. The van der Waals surface area contributed by atoms with Crippen LogP contribution in [0.3, 0.4) is 0 Å². The minimum Gasteiger partial charge on any atom is -0.317 e. The maximum absolute atomic E-state index is 3.60. The van der Waals surface area contributed by atoms with E-state index in [1.165, 1.54) is 45.1 Å². The molecule has 4 N–H and O–H groups in total. The second kappa shape index (κ2) is 25.2. The topological polar surface area (TPSA) is 48.1 Å². The maximum atomic E-state index is 3.60. The van der Waals surface area contributed by atoms with Gasteiger partial charge in [0.25, 0.3) is 0 Å². The van der Waals surface area contributed by atoms with Gasteiger partial charge in [-0.25, -0.2) is 0 Å². The first-order chi connectivity index (χ1) is 9.43. The van der Waals surface area contributed by atoms with Crippen molar-refractivity contribution in [2.45, 2.75) is 51.5 Å². The molecule has 0 aromatic heterocycles. The molecule has 0 amide bonds. The average Bonchev–Trinajstić information content (AvgIpc) is 2.46. The van der Waals surface area contributed by atoms with Crippen molar-refractivity contribution in [1.82, 2.24) is 21.3 Å². The number of piperidine rings is 1. The second-order valence-corrected chi connectivity index (χ2v) is 5.50. The van der Waals surface area contributed by atoms with Crippen LogP contribution < -0.4 is 21.3 Å². The van der Waals surface area contributed by atoms with Crippen LogP contribution in [0, 0.1) is 0 Å². The van der Waals surface area contributed by atoms with Crippen LogP contribution in [-0.4, -0.2) is 51.9 Å². The van der Waals surface area contributed by atoms with Crippen LogP contribution in [-0.2, 0) is 0 Å². The Kier molecular flexibility index (Phi) is 34.8. The molecule has 0 aromatic carbocycles. The van der Waals surface area contributed by atoms with E-state index in [9.17, 15) is 0 Å². The van der Waals surface area contributed by atoms with Crippen molar-refractivity contribution < 1.29 is 0 Å². The van der Waals surface area contributed by atoms with Gasteiger partial charge in [-0.3, -0.25) is 0 Å². The summed E-state index contributed by atoms with van der Waals surface area (Å²) in [5.41, 5.74) is 0. The Labute approximate surface area is 168 Å². The summed E-state index contributed by atoms with van der Waals surface area (Å²) in [5, 5.41) is 14.0. The number of halogens is 4. The molecular weight excluding hydrogens is 378 g/mol. The Bertz CT molecular complexity index is 196. The average molecular weight is 416 g/mol. The van der Waals surface area contributed by atoms with E-state index in [2.05, 4.69) is 28.2 Å². The van der Waals surface area contributed by atoms with Crippen LogP contribution in [0.5, 0.6) is 0 Å². The first kappa shape index (κ1) is 31.7. The van der Waals surface area contributed by atoms with Crippen molar-refractivity contribution in [3.8, 4) is 0 Å². The van der Waals surface area contributed by atoms with Crippen LogP contribution >= 0.6 is 49.6 Å². The minimum absolute atomic E-state index is 0. The van der Waals surface area contributed by atoms with Gasteiger partial charge in [0.05, 0.1) is 0 Å². The van der Waals surface area contributed by atoms with Gasteiger partial charge >= 0.3 is 0 Å². The monoisotopic (exact) mass is 414 g/mol. The summed E-state index contributed by atoms with van der Waals surface area (Å²) in [7, 11) is 0. The molecule has 0 aliphatic carbocycles. The van der Waals surface area contributed by atoms with E-state index in [-0.39, 0.29) is 49.6 Å². The van der Waals surface area contributed by atoms with E-state index in [0.717, 1.165) is 45.3 Å². The zero-order valence-electron chi connectivity index (χ0n) is 14.4. The molecule has 1 aliphatic rings. The first-order valence-electron chi connectivity index (χ1n) is 8.29. The fraction of sp³-hybridized carbons (Fsp3) is 1.00. The van der Waals surface area contributed by atoms with Crippen LogP contribution in [0.4, 0.5) is 0 Å². The summed E-state index contributed by atoms with van der Waals surface area (Å²) in [6, 6.07) is 0.769. The molecule has 0 spiro atoms. The van der Waals surface area contributed by atoms with Crippen molar-refractivity contribution in [1.29, 1.82) is 0 Å². The molecule has 1 atom stereocenters. The number of nitrogens with one attached hydrogen (secondary N) is 4. The van der Waals surface area contributed by atoms with Crippen LogP contribution in [0.15, 0.2) is 0 Å². The summed E-state index contributed by atoms with van der Waals surface area (Å²) >= 11 is 0. The van der Waals surface area contributed by atoms with Crippen LogP contribution in [0.1, 0.15) is 45.4 Å². The highest BCUT2D eigenvalue weighted by molar-refractivity contribution is 5.86. The number of hydrogen-bond donors (Lipinski definition) is 4. The van der Waals surface area contributed by atoms with Crippen LogP contribution in [0.25, 0.3) is 0 Å². The van der Waals surface area contributed by atoms with Crippen molar-refractivity contribution in [3.63, 3.8) is 0 Å². The zero-order chi connectivity index (χ0) is 13.6. The molecule has 0 radical (unpaired) electrons. The highest BCUT2D eigenvalue weighted by Gasteiger charge is 2.10. The van der Waals surface area contributed by atoms with Gasteiger partial charge in [-0.05, 0) is 77.9 Å². The first-order valence-corrected chi connectivity index (χ1v) is 8.29.